The first-order valence-electron chi connectivity index (χ1n) is 6.50. The normalized spacial score (nSPS) is 15.1. The summed E-state index contributed by atoms with van der Waals surface area (Å²) in [5.41, 5.74) is 6.82. The fraction of sp³-hybridized carbons (Fsp3) is 0.571. The number of alkyl halides is 3. The molecule has 0 radical (unpaired) electrons. The van der Waals surface area contributed by atoms with Gasteiger partial charge in [0.25, 0.3) is 0 Å². The zero-order valence-corrected chi connectivity index (χ0v) is 11.1. The van der Waals surface area contributed by atoms with E-state index < -0.39 is 24.7 Å². The van der Waals surface area contributed by atoms with Crippen LogP contribution in [0.1, 0.15) is 18.4 Å². The zero-order chi connectivity index (χ0) is 15.0. The van der Waals surface area contributed by atoms with E-state index in [1.54, 1.807) is 0 Å². The van der Waals surface area contributed by atoms with Crippen molar-refractivity contribution >= 4 is 0 Å². The molecule has 0 heterocycles. The zero-order valence-electron chi connectivity index (χ0n) is 11.1. The Morgan fingerprint density at radius 3 is 2.45 bits per heavy atom. The van der Waals surface area contributed by atoms with E-state index in [-0.39, 0.29) is 19.6 Å². The average Bonchev–Trinajstić information content (AvgIpc) is 2.38. The Morgan fingerprint density at radius 1 is 1.20 bits per heavy atom. The maximum absolute atomic E-state index is 11.9. The molecule has 0 aliphatic carbocycles. The molecule has 1 rings (SSSR count). The number of hydrogen-bond acceptors (Lipinski definition) is 3. The van der Waals surface area contributed by atoms with Crippen LogP contribution in [0.5, 0.6) is 0 Å². The standard InChI is InChI=1S/C14H20F3NO2/c15-14(16,17)7-4-8-20-10-13(19)12(18)9-11-5-2-1-3-6-11/h1-3,5-6,12-13,19H,4,7-10,18H2. The number of rotatable bonds is 8. The molecule has 3 nitrogen and oxygen atoms in total. The van der Waals surface area contributed by atoms with Crippen LogP contribution in [0.15, 0.2) is 30.3 Å². The van der Waals surface area contributed by atoms with Crippen molar-refractivity contribution in [3.05, 3.63) is 35.9 Å². The minimum atomic E-state index is -4.16. The molecular formula is C14H20F3NO2. The van der Waals surface area contributed by atoms with E-state index in [0.717, 1.165) is 5.56 Å². The maximum atomic E-state index is 11.9. The largest absolute Gasteiger partial charge is 0.389 e. The molecule has 0 saturated carbocycles. The van der Waals surface area contributed by atoms with E-state index in [2.05, 4.69) is 0 Å². The first kappa shape index (κ1) is 16.9. The molecule has 2 unspecified atom stereocenters. The summed E-state index contributed by atoms with van der Waals surface area (Å²) >= 11 is 0. The maximum Gasteiger partial charge on any atom is 0.389 e. The molecular weight excluding hydrogens is 271 g/mol. The quantitative estimate of drug-likeness (QED) is 0.722. The van der Waals surface area contributed by atoms with Gasteiger partial charge in [0.2, 0.25) is 0 Å². The van der Waals surface area contributed by atoms with Crippen LogP contribution >= 0.6 is 0 Å². The third kappa shape index (κ3) is 7.47. The number of nitrogens with two attached hydrogens (primary N) is 1. The number of aliphatic hydroxyl groups excluding tert-OH is 1. The van der Waals surface area contributed by atoms with Gasteiger partial charge in [0.05, 0.1) is 12.7 Å². The topological polar surface area (TPSA) is 55.5 Å². The van der Waals surface area contributed by atoms with Crippen molar-refractivity contribution in [2.45, 2.75) is 37.6 Å². The molecule has 0 amide bonds. The van der Waals surface area contributed by atoms with Crippen LogP contribution < -0.4 is 5.73 Å². The Hall–Kier alpha value is -1.11. The van der Waals surface area contributed by atoms with Gasteiger partial charge in [-0.2, -0.15) is 13.2 Å². The van der Waals surface area contributed by atoms with Gasteiger partial charge >= 0.3 is 6.18 Å². The molecule has 0 bridgehead atoms. The van der Waals surface area contributed by atoms with Crippen LogP contribution in [-0.2, 0) is 11.2 Å². The lowest BCUT2D eigenvalue weighted by Gasteiger charge is -2.19. The summed E-state index contributed by atoms with van der Waals surface area (Å²) in [6, 6.07) is 8.94. The summed E-state index contributed by atoms with van der Waals surface area (Å²) in [5.74, 6) is 0. The van der Waals surface area contributed by atoms with Gasteiger partial charge in [0.15, 0.2) is 0 Å². The smallest absolute Gasteiger partial charge is 0.389 e. The number of halogens is 3. The van der Waals surface area contributed by atoms with Gasteiger partial charge in [-0.15, -0.1) is 0 Å². The Morgan fingerprint density at radius 2 is 1.85 bits per heavy atom. The van der Waals surface area contributed by atoms with E-state index in [4.69, 9.17) is 10.5 Å². The summed E-state index contributed by atoms with van der Waals surface area (Å²) in [6.07, 6.45) is -5.54. The summed E-state index contributed by atoms with van der Waals surface area (Å²) in [7, 11) is 0. The third-order valence-corrected chi connectivity index (χ3v) is 2.85. The van der Waals surface area contributed by atoms with Crippen molar-refractivity contribution in [1.82, 2.24) is 0 Å². The molecule has 1 aromatic carbocycles. The molecule has 1 aromatic rings. The molecule has 0 spiro atoms. The molecule has 20 heavy (non-hydrogen) atoms. The second-order valence-electron chi connectivity index (χ2n) is 4.71. The fourth-order valence-corrected chi connectivity index (χ4v) is 1.72. The van der Waals surface area contributed by atoms with Crippen molar-refractivity contribution < 1.29 is 23.0 Å². The van der Waals surface area contributed by atoms with E-state index in [0.29, 0.717) is 6.42 Å². The Balaban J connectivity index is 2.17. The highest BCUT2D eigenvalue weighted by molar-refractivity contribution is 5.16. The Bertz CT molecular complexity index is 370. The molecule has 0 saturated heterocycles. The van der Waals surface area contributed by atoms with Gasteiger partial charge in [0.1, 0.15) is 0 Å². The van der Waals surface area contributed by atoms with Gasteiger partial charge in [-0.1, -0.05) is 30.3 Å². The van der Waals surface area contributed by atoms with Gasteiger partial charge in [-0.3, -0.25) is 0 Å². The first-order valence-corrected chi connectivity index (χ1v) is 6.50. The molecule has 6 heteroatoms. The monoisotopic (exact) mass is 291 g/mol. The van der Waals surface area contributed by atoms with Crippen LogP contribution in [0.3, 0.4) is 0 Å². The lowest BCUT2D eigenvalue weighted by Crippen LogP contribution is -2.39. The molecule has 2 atom stereocenters. The highest BCUT2D eigenvalue weighted by Crippen LogP contribution is 2.21. The SMILES string of the molecule is NC(Cc1ccccc1)C(O)COCCCC(F)(F)F. The van der Waals surface area contributed by atoms with Crippen LogP contribution in [-0.4, -0.2) is 36.6 Å². The highest BCUT2D eigenvalue weighted by atomic mass is 19.4. The van der Waals surface area contributed by atoms with E-state index in [1.807, 2.05) is 30.3 Å². The third-order valence-electron chi connectivity index (χ3n) is 2.85. The molecule has 114 valence electrons. The summed E-state index contributed by atoms with van der Waals surface area (Å²) in [5, 5.41) is 9.77. The lowest BCUT2D eigenvalue weighted by atomic mass is 10.0. The number of aliphatic hydroxyl groups is 1. The van der Waals surface area contributed by atoms with Crippen molar-refractivity contribution in [2.75, 3.05) is 13.2 Å². The van der Waals surface area contributed by atoms with Crippen LogP contribution in [0.25, 0.3) is 0 Å². The fourth-order valence-electron chi connectivity index (χ4n) is 1.72. The summed E-state index contributed by atoms with van der Waals surface area (Å²) in [4.78, 5) is 0. The molecule has 3 N–H and O–H groups in total. The Labute approximate surface area is 116 Å². The van der Waals surface area contributed by atoms with Crippen molar-refractivity contribution in [1.29, 1.82) is 0 Å². The minimum absolute atomic E-state index is 0.0331. The van der Waals surface area contributed by atoms with Crippen molar-refractivity contribution in [3.63, 3.8) is 0 Å². The minimum Gasteiger partial charge on any atom is -0.389 e. The number of hydrogen-bond donors (Lipinski definition) is 2. The lowest BCUT2D eigenvalue weighted by molar-refractivity contribution is -0.138. The van der Waals surface area contributed by atoms with Gasteiger partial charge in [-0.25, -0.2) is 0 Å². The summed E-state index contributed by atoms with van der Waals surface area (Å²) < 4.78 is 40.7. The van der Waals surface area contributed by atoms with E-state index in [1.165, 1.54) is 0 Å². The van der Waals surface area contributed by atoms with Gasteiger partial charge < -0.3 is 15.6 Å². The number of benzene rings is 1. The van der Waals surface area contributed by atoms with E-state index >= 15 is 0 Å². The second kappa shape index (κ2) is 8.24. The highest BCUT2D eigenvalue weighted by Gasteiger charge is 2.26. The van der Waals surface area contributed by atoms with Crippen molar-refractivity contribution in [2.24, 2.45) is 5.73 Å². The first-order chi connectivity index (χ1) is 9.38. The van der Waals surface area contributed by atoms with Gasteiger partial charge in [-0.05, 0) is 18.4 Å². The van der Waals surface area contributed by atoms with Crippen LogP contribution in [0.2, 0.25) is 0 Å². The summed E-state index contributed by atoms with van der Waals surface area (Å²) in [6.45, 7) is -0.0829. The molecule has 0 aromatic heterocycles. The molecule has 0 aliphatic rings. The second-order valence-corrected chi connectivity index (χ2v) is 4.71. The Kier molecular flexibility index (Phi) is 6.98. The predicted octanol–water partition coefficient (Wildman–Crippen LogP) is 2.28. The number of ether oxygens (including phenoxy) is 1. The molecule has 0 aliphatic heterocycles. The van der Waals surface area contributed by atoms with Crippen LogP contribution in [0, 0.1) is 0 Å². The van der Waals surface area contributed by atoms with Crippen LogP contribution in [0.4, 0.5) is 13.2 Å². The average molecular weight is 291 g/mol. The molecule has 0 fully saturated rings. The van der Waals surface area contributed by atoms with E-state index in [9.17, 15) is 18.3 Å². The predicted molar refractivity (Wildman–Crippen MR) is 70.2 cm³/mol. The van der Waals surface area contributed by atoms with Gasteiger partial charge in [0, 0.05) is 19.1 Å². The van der Waals surface area contributed by atoms with Crippen molar-refractivity contribution in [3.8, 4) is 0 Å².